The van der Waals surface area contributed by atoms with Crippen molar-refractivity contribution in [2.45, 2.75) is 12.6 Å². The molecule has 0 aliphatic carbocycles. The molecule has 0 bridgehead atoms. The van der Waals surface area contributed by atoms with Crippen LogP contribution in [0.25, 0.3) is 10.9 Å². The number of aromatic amines is 1. The number of aliphatic hydroxyl groups excluding tert-OH is 1. The third-order valence-corrected chi connectivity index (χ3v) is 3.75. The fourth-order valence-electron chi connectivity index (χ4n) is 2.51. The number of halogens is 1. The molecule has 0 spiro atoms. The van der Waals surface area contributed by atoms with Gasteiger partial charge >= 0.3 is 6.03 Å². The Hall–Kier alpha value is -2.86. The number of rotatable bonds is 5. The molecular weight excluding hydrogens is 309 g/mol. The zero-order chi connectivity index (χ0) is 16.9. The summed E-state index contributed by atoms with van der Waals surface area (Å²) in [7, 11) is 0. The summed E-state index contributed by atoms with van der Waals surface area (Å²) in [6.45, 7) is 0.260. The molecule has 24 heavy (non-hydrogen) atoms. The number of fused-ring (bicyclic) bond motifs is 1. The SMILES string of the molecule is O=C(NCc1cc2ccccc2[nH]1)NCC(O)c1ccccc1F. The van der Waals surface area contributed by atoms with Crippen LogP contribution in [0.4, 0.5) is 9.18 Å². The Balaban J connectivity index is 1.50. The molecule has 0 radical (unpaired) electrons. The zero-order valence-corrected chi connectivity index (χ0v) is 12.9. The van der Waals surface area contributed by atoms with Crippen LogP contribution in [-0.2, 0) is 6.54 Å². The molecule has 0 saturated carbocycles. The molecule has 1 atom stereocenters. The highest BCUT2D eigenvalue weighted by atomic mass is 19.1. The number of para-hydroxylation sites is 1. The van der Waals surface area contributed by atoms with Crippen LogP contribution in [0.2, 0.25) is 0 Å². The van der Waals surface area contributed by atoms with Crippen molar-refractivity contribution in [2.75, 3.05) is 6.54 Å². The summed E-state index contributed by atoms with van der Waals surface area (Å²) in [6.07, 6.45) is -1.09. The first kappa shape index (κ1) is 16.0. The van der Waals surface area contributed by atoms with Gasteiger partial charge in [0, 0.05) is 23.3 Å². The molecule has 0 aliphatic rings. The molecule has 1 heterocycles. The van der Waals surface area contributed by atoms with E-state index < -0.39 is 18.0 Å². The molecule has 1 unspecified atom stereocenters. The molecule has 3 aromatic rings. The second kappa shape index (κ2) is 7.14. The number of aromatic nitrogens is 1. The third-order valence-electron chi connectivity index (χ3n) is 3.75. The van der Waals surface area contributed by atoms with E-state index in [4.69, 9.17) is 0 Å². The van der Waals surface area contributed by atoms with Crippen LogP contribution in [0.5, 0.6) is 0 Å². The molecule has 4 N–H and O–H groups in total. The second-order valence-electron chi connectivity index (χ2n) is 5.48. The highest BCUT2D eigenvalue weighted by Crippen LogP contribution is 2.16. The van der Waals surface area contributed by atoms with Gasteiger partial charge in [-0.3, -0.25) is 0 Å². The van der Waals surface area contributed by atoms with Gasteiger partial charge in [-0.2, -0.15) is 0 Å². The van der Waals surface area contributed by atoms with Crippen LogP contribution in [0.3, 0.4) is 0 Å². The Labute approximate surface area is 138 Å². The molecule has 124 valence electrons. The van der Waals surface area contributed by atoms with E-state index in [1.54, 1.807) is 12.1 Å². The van der Waals surface area contributed by atoms with E-state index in [0.717, 1.165) is 16.6 Å². The monoisotopic (exact) mass is 327 g/mol. The number of amides is 2. The van der Waals surface area contributed by atoms with Crippen molar-refractivity contribution in [3.05, 3.63) is 71.7 Å². The van der Waals surface area contributed by atoms with Crippen molar-refractivity contribution >= 4 is 16.9 Å². The van der Waals surface area contributed by atoms with Crippen LogP contribution in [0.15, 0.2) is 54.6 Å². The average Bonchev–Trinajstić information content (AvgIpc) is 3.01. The molecule has 0 aliphatic heterocycles. The van der Waals surface area contributed by atoms with Crippen LogP contribution < -0.4 is 10.6 Å². The lowest BCUT2D eigenvalue weighted by molar-refractivity contribution is 0.169. The largest absolute Gasteiger partial charge is 0.386 e. The van der Waals surface area contributed by atoms with E-state index in [9.17, 15) is 14.3 Å². The molecule has 6 heteroatoms. The minimum atomic E-state index is -1.09. The molecule has 0 fully saturated rings. The van der Waals surface area contributed by atoms with Gasteiger partial charge in [0.2, 0.25) is 0 Å². The minimum Gasteiger partial charge on any atom is -0.386 e. The minimum absolute atomic E-state index is 0.0700. The molecule has 0 saturated heterocycles. The number of hydrogen-bond acceptors (Lipinski definition) is 2. The lowest BCUT2D eigenvalue weighted by atomic mass is 10.1. The fraction of sp³-hybridized carbons (Fsp3) is 0.167. The van der Waals surface area contributed by atoms with Crippen molar-refractivity contribution in [2.24, 2.45) is 0 Å². The van der Waals surface area contributed by atoms with Crippen LogP contribution in [0, 0.1) is 5.82 Å². The van der Waals surface area contributed by atoms with Crippen molar-refractivity contribution in [1.29, 1.82) is 0 Å². The summed E-state index contributed by atoms with van der Waals surface area (Å²) in [4.78, 5) is 15.0. The van der Waals surface area contributed by atoms with E-state index in [-0.39, 0.29) is 12.1 Å². The summed E-state index contributed by atoms with van der Waals surface area (Å²) >= 11 is 0. The standard InChI is InChI=1S/C18H18FN3O2/c19-15-7-3-2-6-14(15)17(23)11-21-18(24)20-10-13-9-12-5-1-4-8-16(12)22-13/h1-9,17,22-23H,10-11H2,(H2,20,21,24). The maximum absolute atomic E-state index is 13.5. The van der Waals surface area contributed by atoms with Gasteiger partial charge in [-0.1, -0.05) is 36.4 Å². The van der Waals surface area contributed by atoms with Crippen molar-refractivity contribution < 1.29 is 14.3 Å². The fourth-order valence-corrected chi connectivity index (χ4v) is 2.51. The summed E-state index contributed by atoms with van der Waals surface area (Å²) in [5.41, 5.74) is 2.04. The maximum Gasteiger partial charge on any atom is 0.315 e. The summed E-state index contributed by atoms with van der Waals surface area (Å²) in [6, 6.07) is 15.3. The van der Waals surface area contributed by atoms with Crippen LogP contribution in [-0.4, -0.2) is 22.7 Å². The lowest BCUT2D eigenvalue weighted by Gasteiger charge is -2.13. The molecule has 5 nitrogen and oxygen atoms in total. The molecular formula is C18H18FN3O2. The Bertz CT molecular complexity index is 814. The van der Waals surface area contributed by atoms with Crippen LogP contribution >= 0.6 is 0 Å². The molecule has 3 rings (SSSR count). The predicted molar refractivity (Wildman–Crippen MR) is 89.9 cm³/mol. The van der Waals surface area contributed by atoms with Crippen molar-refractivity contribution in [3.63, 3.8) is 0 Å². The number of benzene rings is 2. The van der Waals surface area contributed by atoms with E-state index in [1.165, 1.54) is 12.1 Å². The van der Waals surface area contributed by atoms with Gasteiger partial charge in [0.05, 0.1) is 12.6 Å². The number of hydrogen-bond donors (Lipinski definition) is 4. The number of aliphatic hydroxyl groups is 1. The van der Waals surface area contributed by atoms with Gasteiger partial charge in [0.25, 0.3) is 0 Å². The normalized spacial score (nSPS) is 12.1. The number of nitrogens with one attached hydrogen (secondary N) is 3. The summed E-state index contributed by atoms with van der Waals surface area (Å²) < 4.78 is 13.5. The van der Waals surface area contributed by atoms with Gasteiger partial charge < -0.3 is 20.7 Å². The highest BCUT2D eigenvalue weighted by Gasteiger charge is 2.13. The lowest BCUT2D eigenvalue weighted by Crippen LogP contribution is -2.37. The number of urea groups is 1. The Morgan fingerprint density at radius 3 is 2.67 bits per heavy atom. The topological polar surface area (TPSA) is 77.2 Å². The summed E-state index contributed by atoms with van der Waals surface area (Å²) in [5, 5.41) is 16.2. The Morgan fingerprint density at radius 1 is 1.12 bits per heavy atom. The molecule has 2 amide bonds. The number of carbonyl (C=O) groups is 1. The van der Waals surface area contributed by atoms with E-state index in [0.29, 0.717) is 6.54 Å². The average molecular weight is 327 g/mol. The van der Waals surface area contributed by atoms with Crippen molar-refractivity contribution in [1.82, 2.24) is 15.6 Å². The van der Waals surface area contributed by atoms with Gasteiger partial charge in [-0.05, 0) is 23.6 Å². The van der Waals surface area contributed by atoms with E-state index in [2.05, 4.69) is 15.6 Å². The number of carbonyl (C=O) groups excluding carboxylic acids is 1. The smallest absolute Gasteiger partial charge is 0.315 e. The van der Waals surface area contributed by atoms with Gasteiger partial charge in [-0.25, -0.2) is 9.18 Å². The van der Waals surface area contributed by atoms with Crippen LogP contribution in [0.1, 0.15) is 17.4 Å². The van der Waals surface area contributed by atoms with E-state index >= 15 is 0 Å². The van der Waals surface area contributed by atoms with E-state index in [1.807, 2.05) is 30.3 Å². The van der Waals surface area contributed by atoms with Gasteiger partial charge in [0.15, 0.2) is 0 Å². The first-order valence-electron chi connectivity index (χ1n) is 7.64. The van der Waals surface area contributed by atoms with Gasteiger partial charge in [0.1, 0.15) is 5.82 Å². The van der Waals surface area contributed by atoms with Gasteiger partial charge in [-0.15, -0.1) is 0 Å². The second-order valence-corrected chi connectivity index (χ2v) is 5.48. The predicted octanol–water partition coefficient (Wildman–Crippen LogP) is 2.84. The number of H-pyrrole nitrogens is 1. The quantitative estimate of drug-likeness (QED) is 0.581. The highest BCUT2D eigenvalue weighted by molar-refractivity contribution is 5.80. The summed E-state index contributed by atoms with van der Waals surface area (Å²) in [5.74, 6) is -0.495. The van der Waals surface area contributed by atoms with Crippen molar-refractivity contribution in [3.8, 4) is 0 Å². The third kappa shape index (κ3) is 3.72. The first-order valence-corrected chi connectivity index (χ1v) is 7.64. The first-order chi connectivity index (χ1) is 11.6. The Morgan fingerprint density at radius 2 is 1.88 bits per heavy atom. The molecule has 1 aromatic heterocycles. The molecule has 2 aromatic carbocycles. The maximum atomic E-state index is 13.5. The Kier molecular flexibility index (Phi) is 4.77. The zero-order valence-electron chi connectivity index (χ0n) is 12.9.